The van der Waals surface area contributed by atoms with Gasteiger partial charge in [0.15, 0.2) is 0 Å². The van der Waals surface area contributed by atoms with Gasteiger partial charge in [-0.1, -0.05) is 30.3 Å². The number of amides is 1. The minimum atomic E-state index is -2.54. The van der Waals surface area contributed by atoms with Crippen LogP contribution in [0.2, 0.25) is 0 Å². The third-order valence-corrected chi connectivity index (χ3v) is 6.30. The number of nitrogens with one attached hydrogen (secondary N) is 1. The molecule has 1 saturated carbocycles. The number of fused-ring (bicyclic) bond motifs is 1. The Balaban J connectivity index is 1.27. The molecule has 0 saturated heterocycles. The van der Waals surface area contributed by atoms with Gasteiger partial charge >= 0.3 is 6.09 Å². The third-order valence-electron chi connectivity index (χ3n) is 6.30. The number of alkyl carbamates (subject to hydrolysis) is 1. The minimum absolute atomic E-state index is 0.0625. The van der Waals surface area contributed by atoms with E-state index < -0.39 is 23.5 Å². The summed E-state index contributed by atoms with van der Waals surface area (Å²) < 4.78 is 37.0. The van der Waals surface area contributed by atoms with Gasteiger partial charge in [-0.3, -0.25) is 4.90 Å². The summed E-state index contributed by atoms with van der Waals surface area (Å²) in [6.45, 7) is 10.2. The summed E-state index contributed by atoms with van der Waals surface area (Å²) in [5.74, 6) is -2.50. The van der Waals surface area contributed by atoms with Crippen molar-refractivity contribution in [2.24, 2.45) is 5.92 Å². The molecule has 0 spiro atoms. The van der Waals surface area contributed by atoms with Crippen LogP contribution in [0.3, 0.4) is 0 Å². The molecule has 0 bridgehead atoms. The molecule has 184 valence electrons. The Morgan fingerprint density at radius 3 is 2.53 bits per heavy atom. The molecule has 1 fully saturated rings. The van der Waals surface area contributed by atoms with E-state index in [0.717, 1.165) is 31.6 Å². The molecule has 0 aromatic heterocycles. The summed E-state index contributed by atoms with van der Waals surface area (Å²) >= 11 is 0. The SMILES string of the molecule is CC(NC(=O)OC(C)(C)C)c1ccc(CN2CCc3cc(OC[C@@H]4CC4(F)F)ccc3C2)cc1. The Morgan fingerprint density at radius 1 is 1.18 bits per heavy atom. The van der Waals surface area contributed by atoms with Gasteiger partial charge in [0.05, 0.1) is 18.6 Å². The maximum absolute atomic E-state index is 13.1. The number of hydrogen-bond acceptors (Lipinski definition) is 4. The van der Waals surface area contributed by atoms with Gasteiger partial charge in [0.2, 0.25) is 0 Å². The first-order valence-corrected chi connectivity index (χ1v) is 11.9. The summed E-state index contributed by atoms with van der Waals surface area (Å²) in [6.07, 6.45) is 0.420. The summed E-state index contributed by atoms with van der Waals surface area (Å²) in [4.78, 5) is 14.4. The lowest BCUT2D eigenvalue weighted by Gasteiger charge is -2.29. The molecule has 1 aliphatic carbocycles. The Morgan fingerprint density at radius 2 is 1.88 bits per heavy atom. The second-order valence-electron chi connectivity index (χ2n) is 10.5. The summed E-state index contributed by atoms with van der Waals surface area (Å²) in [5.41, 5.74) is 4.19. The van der Waals surface area contributed by atoms with Crippen molar-refractivity contribution < 1.29 is 23.0 Å². The molecule has 4 rings (SSSR count). The Labute approximate surface area is 200 Å². The third kappa shape index (κ3) is 6.47. The minimum Gasteiger partial charge on any atom is -0.493 e. The number of ether oxygens (including phenoxy) is 2. The van der Waals surface area contributed by atoms with Crippen LogP contribution in [0, 0.1) is 5.92 Å². The van der Waals surface area contributed by atoms with Crippen molar-refractivity contribution in [3.05, 3.63) is 64.7 Å². The molecular formula is C27H34F2N2O3. The lowest BCUT2D eigenvalue weighted by atomic mass is 9.98. The molecular weight excluding hydrogens is 438 g/mol. The van der Waals surface area contributed by atoms with Gasteiger partial charge in [-0.05, 0) is 68.5 Å². The van der Waals surface area contributed by atoms with Crippen molar-refractivity contribution in [3.8, 4) is 5.75 Å². The van der Waals surface area contributed by atoms with Crippen LogP contribution >= 0.6 is 0 Å². The molecule has 1 N–H and O–H groups in total. The quantitative estimate of drug-likeness (QED) is 0.548. The van der Waals surface area contributed by atoms with E-state index in [1.807, 2.05) is 52.0 Å². The van der Waals surface area contributed by atoms with E-state index in [-0.39, 0.29) is 19.1 Å². The van der Waals surface area contributed by atoms with Crippen molar-refractivity contribution >= 4 is 6.09 Å². The highest BCUT2D eigenvalue weighted by Crippen LogP contribution is 2.48. The van der Waals surface area contributed by atoms with Gasteiger partial charge in [-0.2, -0.15) is 0 Å². The van der Waals surface area contributed by atoms with E-state index in [2.05, 4.69) is 28.4 Å². The molecule has 1 amide bonds. The average Bonchev–Trinajstić information content (AvgIpc) is 3.37. The molecule has 1 heterocycles. The highest BCUT2D eigenvalue weighted by atomic mass is 19.3. The molecule has 1 aliphatic heterocycles. The van der Waals surface area contributed by atoms with Crippen LogP contribution < -0.4 is 10.1 Å². The van der Waals surface area contributed by atoms with Crippen molar-refractivity contribution in [2.45, 2.75) is 71.2 Å². The standard InChI is InChI=1S/C27H34F2N2O3/c1-18(30-25(32)34-26(2,3)4)20-7-5-19(6-8-20)15-31-12-11-21-13-24(10-9-22(21)16-31)33-17-23-14-27(23,28)29/h5-10,13,18,23H,11-12,14-17H2,1-4H3,(H,30,32)/t18?,23-/m0/s1. The first kappa shape index (κ1) is 24.5. The summed E-state index contributed by atoms with van der Waals surface area (Å²) in [6, 6.07) is 14.1. The first-order valence-electron chi connectivity index (χ1n) is 11.9. The van der Waals surface area contributed by atoms with Crippen molar-refractivity contribution in [1.29, 1.82) is 0 Å². The Kier molecular flexibility index (Phi) is 6.85. The maximum atomic E-state index is 13.1. The second-order valence-corrected chi connectivity index (χ2v) is 10.5. The van der Waals surface area contributed by atoms with E-state index in [4.69, 9.17) is 9.47 Å². The van der Waals surface area contributed by atoms with Gasteiger partial charge in [-0.25, -0.2) is 13.6 Å². The van der Waals surface area contributed by atoms with Gasteiger partial charge in [-0.15, -0.1) is 0 Å². The monoisotopic (exact) mass is 472 g/mol. The molecule has 2 aromatic carbocycles. The van der Waals surface area contributed by atoms with Crippen LogP contribution in [0.4, 0.5) is 13.6 Å². The fraction of sp³-hybridized carbons (Fsp3) is 0.519. The molecule has 7 heteroatoms. The molecule has 1 unspecified atom stereocenters. The summed E-state index contributed by atoms with van der Waals surface area (Å²) in [5, 5.41) is 2.87. The van der Waals surface area contributed by atoms with Crippen molar-refractivity contribution in [3.63, 3.8) is 0 Å². The van der Waals surface area contributed by atoms with E-state index in [1.165, 1.54) is 16.7 Å². The second kappa shape index (κ2) is 9.53. The zero-order valence-corrected chi connectivity index (χ0v) is 20.4. The number of benzene rings is 2. The predicted octanol–water partition coefficient (Wildman–Crippen LogP) is 5.86. The lowest BCUT2D eigenvalue weighted by Crippen LogP contribution is -2.34. The number of halogens is 2. The number of carbonyl (C=O) groups excluding carboxylic acids is 1. The molecule has 2 aromatic rings. The van der Waals surface area contributed by atoms with Crippen molar-refractivity contribution in [1.82, 2.24) is 10.2 Å². The van der Waals surface area contributed by atoms with Crippen molar-refractivity contribution in [2.75, 3.05) is 13.2 Å². The van der Waals surface area contributed by atoms with Crippen LogP contribution in [0.1, 0.15) is 62.4 Å². The molecule has 34 heavy (non-hydrogen) atoms. The average molecular weight is 473 g/mol. The van der Waals surface area contributed by atoms with Gasteiger partial charge in [0.25, 0.3) is 5.92 Å². The fourth-order valence-corrected chi connectivity index (χ4v) is 4.20. The Bertz CT molecular complexity index is 1020. The predicted molar refractivity (Wildman–Crippen MR) is 127 cm³/mol. The van der Waals surface area contributed by atoms with E-state index in [0.29, 0.717) is 5.75 Å². The van der Waals surface area contributed by atoms with Gasteiger partial charge in [0, 0.05) is 26.1 Å². The number of rotatable bonds is 7. The first-order chi connectivity index (χ1) is 16.0. The Hall–Kier alpha value is -2.67. The maximum Gasteiger partial charge on any atom is 0.408 e. The lowest BCUT2D eigenvalue weighted by molar-refractivity contribution is 0.0507. The van der Waals surface area contributed by atoms with Crippen LogP contribution in [0.5, 0.6) is 5.75 Å². The number of nitrogens with zero attached hydrogens (tertiary/aromatic N) is 1. The number of alkyl halides is 2. The largest absolute Gasteiger partial charge is 0.493 e. The van der Waals surface area contributed by atoms with Gasteiger partial charge in [0.1, 0.15) is 11.4 Å². The smallest absolute Gasteiger partial charge is 0.408 e. The highest BCUT2D eigenvalue weighted by Gasteiger charge is 2.57. The van der Waals surface area contributed by atoms with Crippen LogP contribution in [0.25, 0.3) is 0 Å². The molecule has 2 aliphatic rings. The van der Waals surface area contributed by atoms with Crippen LogP contribution in [-0.4, -0.2) is 35.7 Å². The van der Waals surface area contributed by atoms with Crippen LogP contribution in [0.15, 0.2) is 42.5 Å². The molecule has 5 nitrogen and oxygen atoms in total. The number of carbonyl (C=O) groups is 1. The van der Waals surface area contributed by atoms with E-state index in [9.17, 15) is 13.6 Å². The topological polar surface area (TPSA) is 50.8 Å². The molecule has 0 radical (unpaired) electrons. The van der Waals surface area contributed by atoms with E-state index in [1.54, 1.807) is 0 Å². The number of hydrogen-bond donors (Lipinski definition) is 1. The van der Waals surface area contributed by atoms with Crippen LogP contribution in [-0.2, 0) is 24.2 Å². The fourth-order valence-electron chi connectivity index (χ4n) is 4.20. The zero-order valence-electron chi connectivity index (χ0n) is 20.4. The van der Waals surface area contributed by atoms with Gasteiger partial charge < -0.3 is 14.8 Å². The molecule has 2 atom stereocenters. The highest BCUT2D eigenvalue weighted by molar-refractivity contribution is 5.68. The van der Waals surface area contributed by atoms with E-state index >= 15 is 0 Å². The normalized spacial score (nSPS) is 20.2. The summed E-state index contributed by atoms with van der Waals surface area (Å²) in [7, 11) is 0. The zero-order chi connectivity index (χ0) is 24.5.